The van der Waals surface area contributed by atoms with E-state index < -0.39 is 10.0 Å². The van der Waals surface area contributed by atoms with Crippen molar-refractivity contribution in [3.05, 3.63) is 53.5 Å². The number of nitrogens with one attached hydrogen (secondary N) is 1. The van der Waals surface area contributed by atoms with Crippen LogP contribution in [-0.2, 0) is 23.1 Å². The van der Waals surface area contributed by atoms with Crippen LogP contribution >= 0.6 is 0 Å². The standard InChI is InChI=1S/C13H16N2O3S/c1-10-6-7-18-13(10)9-15-8-11-2-4-12(5-3-11)19(14,16)17/h2-7,15H,8-9H2,1H3,(H2,14,16,17). The van der Waals surface area contributed by atoms with E-state index in [0.29, 0.717) is 13.1 Å². The van der Waals surface area contributed by atoms with Crippen molar-refractivity contribution in [1.29, 1.82) is 0 Å². The van der Waals surface area contributed by atoms with Gasteiger partial charge in [-0.15, -0.1) is 0 Å². The summed E-state index contributed by atoms with van der Waals surface area (Å²) in [4.78, 5) is 0.123. The maximum Gasteiger partial charge on any atom is 0.238 e. The molecule has 0 atom stereocenters. The summed E-state index contributed by atoms with van der Waals surface area (Å²) in [5.74, 6) is 0.904. The highest BCUT2D eigenvalue weighted by molar-refractivity contribution is 7.89. The molecule has 2 rings (SSSR count). The van der Waals surface area contributed by atoms with Crippen LogP contribution in [0.4, 0.5) is 0 Å². The normalized spacial score (nSPS) is 11.7. The van der Waals surface area contributed by atoms with Crippen LogP contribution in [0.3, 0.4) is 0 Å². The van der Waals surface area contributed by atoms with Gasteiger partial charge in [-0.2, -0.15) is 0 Å². The van der Waals surface area contributed by atoms with E-state index in [1.165, 1.54) is 12.1 Å². The summed E-state index contributed by atoms with van der Waals surface area (Å²) < 4.78 is 27.5. The first-order chi connectivity index (χ1) is 8.97. The number of rotatable bonds is 5. The highest BCUT2D eigenvalue weighted by atomic mass is 32.2. The number of aryl methyl sites for hydroxylation is 1. The molecular formula is C13H16N2O3S. The molecule has 0 aliphatic rings. The molecule has 0 spiro atoms. The lowest BCUT2D eigenvalue weighted by atomic mass is 10.2. The first-order valence-corrected chi connectivity index (χ1v) is 7.37. The van der Waals surface area contributed by atoms with Crippen LogP contribution in [0.2, 0.25) is 0 Å². The smallest absolute Gasteiger partial charge is 0.238 e. The third kappa shape index (κ3) is 3.66. The largest absolute Gasteiger partial charge is 0.468 e. The average Bonchev–Trinajstić information content (AvgIpc) is 2.75. The first kappa shape index (κ1) is 13.8. The Morgan fingerprint density at radius 2 is 1.84 bits per heavy atom. The Bertz CT molecular complexity index is 645. The molecule has 102 valence electrons. The molecule has 0 amide bonds. The summed E-state index contributed by atoms with van der Waals surface area (Å²) in [7, 11) is -3.62. The van der Waals surface area contributed by atoms with Crippen molar-refractivity contribution in [3.8, 4) is 0 Å². The molecular weight excluding hydrogens is 264 g/mol. The molecule has 1 aromatic heterocycles. The topological polar surface area (TPSA) is 85.3 Å². The van der Waals surface area contributed by atoms with Gasteiger partial charge in [0.05, 0.1) is 17.7 Å². The van der Waals surface area contributed by atoms with E-state index >= 15 is 0 Å². The van der Waals surface area contributed by atoms with Gasteiger partial charge in [-0.25, -0.2) is 13.6 Å². The van der Waals surface area contributed by atoms with Gasteiger partial charge >= 0.3 is 0 Å². The van der Waals surface area contributed by atoms with Gasteiger partial charge in [0.2, 0.25) is 10.0 Å². The number of primary sulfonamides is 1. The number of hydrogen-bond acceptors (Lipinski definition) is 4. The highest BCUT2D eigenvalue weighted by Gasteiger charge is 2.06. The Balaban J connectivity index is 1.92. The molecule has 0 fully saturated rings. The first-order valence-electron chi connectivity index (χ1n) is 5.82. The lowest BCUT2D eigenvalue weighted by molar-refractivity contribution is 0.480. The van der Waals surface area contributed by atoms with Gasteiger partial charge in [0.25, 0.3) is 0 Å². The Labute approximate surface area is 112 Å². The van der Waals surface area contributed by atoms with Crippen molar-refractivity contribution in [1.82, 2.24) is 5.32 Å². The molecule has 1 heterocycles. The van der Waals surface area contributed by atoms with Gasteiger partial charge in [-0.3, -0.25) is 0 Å². The quantitative estimate of drug-likeness (QED) is 0.869. The summed E-state index contributed by atoms with van der Waals surface area (Å²) in [5, 5.41) is 8.26. The van der Waals surface area contributed by atoms with E-state index in [0.717, 1.165) is 16.9 Å². The van der Waals surface area contributed by atoms with Crippen molar-refractivity contribution in [2.24, 2.45) is 5.14 Å². The molecule has 2 aromatic rings. The van der Waals surface area contributed by atoms with Crippen LogP contribution in [0.25, 0.3) is 0 Å². The number of furan rings is 1. The van der Waals surface area contributed by atoms with Gasteiger partial charge in [-0.05, 0) is 36.2 Å². The van der Waals surface area contributed by atoms with E-state index in [9.17, 15) is 8.42 Å². The highest BCUT2D eigenvalue weighted by Crippen LogP contribution is 2.10. The molecule has 19 heavy (non-hydrogen) atoms. The number of hydrogen-bond donors (Lipinski definition) is 2. The Kier molecular flexibility index (Phi) is 4.04. The molecule has 0 radical (unpaired) electrons. The van der Waals surface area contributed by atoms with Crippen LogP contribution in [0, 0.1) is 6.92 Å². The molecule has 3 N–H and O–H groups in total. The predicted octanol–water partition coefficient (Wildman–Crippen LogP) is 1.53. The van der Waals surface area contributed by atoms with Crippen molar-refractivity contribution in [2.45, 2.75) is 24.9 Å². The fraction of sp³-hybridized carbons (Fsp3) is 0.231. The van der Waals surface area contributed by atoms with Crippen LogP contribution in [0.5, 0.6) is 0 Å². The van der Waals surface area contributed by atoms with E-state index in [1.54, 1.807) is 18.4 Å². The third-order valence-electron chi connectivity index (χ3n) is 2.83. The van der Waals surface area contributed by atoms with E-state index in [2.05, 4.69) is 5.32 Å². The van der Waals surface area contributed by atoms with Gasteiger partial charge < -0.3 is 9.73 Å². The van der Waals surface area contributed by atoms with Crippen molar-refractivity contribution >= 4 is 10.0 Å². The zero-order valence-electron chi connectivity index (χ0n) is 10.6. The lowest BCUT2D eigenvalue weighted by Crippen LogP contribution is -2.14. The summed E-state index contributed by atoms with van der Waals surface area (Å²) >= 11 is 0. The van der Waals surface area contributed by atoms with E-state index in [4.69, 9.17) is 9.56 Å². The van der Waals surface area contributed by atoms with Gasteiger partial charge in [0, 0.05) is 6.54 Å². The predicted molar refractivity (Wildman–Crippen MR) is 71.8 cm³/mol. The van der Waals surface area contributed by atoms with Crippen LogP contribution in [0.1, 0.15) is 16.9 Å². The fourth-order valence-electron chi connectivity index (χ4n) is 1.70. The molecule has 0 aliphatic carbocycles. The van der Waals surface area contributed by atoms with Gasteiger partial charge in [-0.1, -0.05) is 12.1 Å². The number of nitrogens with two attached hydrogens (primary N) is 1. The minimum absolute atomic E-state index is 0.123. The maximum atomic E-state index is 11.1. The van der Waals surface area contributed by atoms with Crippen molar-refractivity contribution in [2.75, 3.05) is 0 Å². The molecule has 0 saturated heterocycles. The summed E-state index contributed by atoms with van der Waals surface area (Å²) in [6, 6.07) is 8.40. The Hall–Kier alpha value is -1.63. The van der Waals surface area contributed by atoms with Crippen LogP contribution < -0.4 is 10.5 Å². The van der Waals surface area contributed by atoms with Gasteiger partial charge in [0.15, 0.2) is 0 Å². The summed E-state index contributed by atoms with van der Waals surface area (Å²) in [6.45, 7) is 3.25. The zero-order chi connectivity index (χ0) is 13.9. The molecule has 6 heteroatoms. The van der Waals surface area contributed by atoms with Crippen molar-refractivity contribution < 1.29 is 12.8 Å². The molecule has 0 aliphatic heterocycles. The van der Waals surface area contributed by atoms with Crippen LogP contribution in [0.15, 0.2) is 45.9 Å². The lowest BCUT2D eigenvalue weighted by Gasteiger charge is -2.05. The summed E-state index contributed by atoms with van der Waals surface area (Å²) in [5.41, 5.74) is 2.09. The number of sulfonamides is 1. The molecule has 1 aromatic carbocycles. The van der Waals surface area contributed by atoms with E-state index in [-0.39, 0.29) is 4.90 Å². The van der Waals surface area contributed by atoms with E-state index in [1.807, 2.05) is 13.0 Å². The van der Waals surface area contributed by atoms with Crippen molar-refractivity contribution in [3.63, 3.8) is 0 Å². The molecule has 0 unspecified atom stereocenters. The summed E-state index contributed by atoms with van der Waals surface area (Å²) in [6.07, 6.45) is 1.66. The minimum Gasteiger partial charge on any atom is -0.468 e. The van der Waals surface area contributed by atoms with Crippen LogP contribution in [-0.4, -0.2) is 8.42 Å². The number of benzene rings is 1. The molecule has 5 nitrogen and oxygen atoms in total. The SMILES string of the molecule is Cc1ccoc1CNCc1ccc(S(N)(=O)=O)cc1. The Morgan fingerprint density at radius 3 is 2.37 bits per heavy atom. The Morgan fingerprint density at radius 1 is 1.16 bits per heavy atom. The van der Waals surface area contributed by atoms with Gasteiger partial charge in [0.1, 0.15) is 5.76 Å². The monoisotopic (exact) mass is 280 g/mol. The second-order valence-electron chi connectivity index (χ2n) is 4.32. The maximum absolute atomic E-state index is 11.1. The third-order valence-corrected chi connectivity index (χ3v) is 3.76. The fourth-order valence-corrected chi connectivity index (χ4v) is 2.22. The average molecular weight is 280 g/mol. The zero-order valence-corrected chi connectivity index (χ0v) is 11.4. The molecule has 0 bridgehead atoms. The molecule has 0 saturated carbocycles. The minimum atomic E-state index is -3.62. The second-order valence-corrected chi connectivity index (χ2v) is 5.88. The second kappa shape index (κ2) is 5.56.